The number of anilines is 1. The van der Waals surface area contributed by atoms with Crippen molar-refractivity contribution in [3.63, 3.8) is 0 Å². The number of carbonyl (C=O) groups excluding carboxylic acids is 4. The van der Waals surface area contributed by atoms with Gasteiger partial charge in [-0.2, -0.15) is 0 Å². The van der Waals surface area contributed by atoms with E-state index in [1.54, 1.807) is 6.92 Å². The summed E-state index contributed by atoms with van der Waals surface area (Å²) in [6, 6.07) is -0.405. The van der Waals surface area contributed by atoms with Gasteiger partial charge in [0.05, 0.1) is 23.8 Å². The number of halogens is 1. The van der Waals surface area contributed by atoms with Crippen LogP contribution < -0.4 is 16.4 Å². The van der Waals surface area contributed by atoms with Crippen molar-refractivity contribution in [1.82, 2.24) is 10.2 Å². The molecule has 2 amide bonds. The number of aliphatic hydroxyl groups is 3. The van der Waals surface area contributed by atoms with Crippen molar-refractivity contribution in [3.8, 4) is 5.75 Å². The second-order valence-corrected chi connectivity index (χ2v) is 11.3. The Bertz CT molecular complexity index is 1440. The number of carbonyl (C=O) groups is 4. The van der Waals surface area contributed by atoms with Crippen molar-refractivity contribution in [3.05, 3.63) is 39.9 Å². The van der Waals surface area contributed by atoms with Crippen molar-refractivity contribution in [2.45, 2.75) is 45.3 Å². The number of phenolic OH excluding ortho intramolecular Hbond substituents is 1. The molecule has 13 heteroatoms. The zero-order valence-electron chi connectivity index (χ0n) is 22.8. The number of ketones is 2. The van der Waals surface area contributed by atoms with Gasteiger partial charge >= 0.3 is 0 Å². The normalized spacial score (nSPS) is 29.8. The van der Waals surface area contributed by atoms with Crippen LogP contribution in [0.2, 0.25) is 0 Å². The molecular weight excluding hydrogens is 527 g/mol. The van der Waals surface area contributed by atoms with Crippen molar-refractivity contribution < 1.29 is 44.0 Å². The molecule has 8 N–H and O–H groups in total. The summed E-state index contributed by atoms with van der Waals surface area (Å²) in [4.78, 5) is 53.3. The van der Waals surface area contributed by atoms with Crippen LogP contribution in [0.3, 0.4) is 0 Å². The van der Waals surface area contributed by atoms with Gasteiger partial charge in [0.15, 0.2) is 17.1 Å². The average molecular weight is 561 g/mol. The summed E-state index contributed by atoms with van der Waals surface area (Å²) in [5.74, 6) is -7.76. The van der Waals surface area contributed by atoms with Gasteiger partial charge in [-0.05, 0) is 33.5 Å². The summed E-state index contributed by atoms with van der Waals surface area (Å²) in [6.07, 6.45) is -0.473. The minimum atomic E-state index is -2.88. The fraction of sp³-hybridized carbons (Fsp3) is 0.481. The van der Waals surface area contributed by atoms with E-state index in [4.69, 9.17) is 5.73 Å². The van der Waals surface area contributed by atoms with Gasteiger partial charge in [0, 0.05) is 28.0 Å². The topological polar surface area (TPSA) is 203 Å². The van der Waals surface area contributed by atoms with E-state index in [1.807, 2.05) is 0 Å². The highest BCUT2D eigenvalue weighted by atomic mass is 19.1. The number of amides is 2. The number of aromatic hydroxyl groups is 1. The molecule has 0 aromatic heterocycles. The second kappa shape index (κ2) is 9.39. The third-order valence-corrected chi connectivity index (χ3v) is 8.39. The van der Waals surface area contributed by atoms with Crippen molar-refractivity contribution in [1.29, 1.82) is 0 Å². The van der Waals surface area contributed by atoms with Gasteiger partial charge in [-0.3, -0.25) is 24.1 Å². The summed E-state index contributed by atoms with van der Waals surface area (Å²) in [7, 11) is 2.98. The van der Waals surface area contributed by atoms with Crippen molar-refractivity contribution >= 4 is 34.8 Å². The molecule has 0 aliphatic heterocycles. The van der Waals surface area contributed by atoms with Gasteiger partial charge < -0.3 is 36.8 Å². The van der Waals surface area contributed by atoms with Crippen molar-refractivity contribution in [2.75, 3.05) is 32.5 Å². The number of nitrogens with two attached hydrogens (primary N) is 1. The van der Waals surface area contributed by atoms with Crippen LogP contribution in [0.5, 0.6) is 5.75 Å². The smallest absolute Gasteiger partial charge is 0.255 e. The van der Waals surface area contributed by atoms with Gasteiger partial charge in [0.25, 0.3) is 5.91 Å². The number of fused-ring (bicyclic) bond motifs is 3. The van der Waals surface area contributed by atoms with Crippen LogP contribution in [0.4, 0.5) is 10.1 Å². The van der Waals surface area contributed by atoms with Crippen LogP contribution in [0, 0.1) is 16.6 Å². The number of benzene rings is 1. The van der Waals surface area contributed by atoms with Crippen LogP contribution >= 0.6 is 0 Å². The molecule has 0 unspecified atom stereocenters. The number of hydrogen-bond acceptors (Lipinski definition) is 10. The third-order valence-electron chi connectivity index (χ3n) is 8.39. The largest absolute Gasteiger partial charge is 0.508 e. The molecule has 1 saturated carbocycles. The summed E-state index contributed by atoms with van der Waals surface area (Å²) in [6.45, 7) is 5.05. The third kappa shape index (κ3) is 3.75. The first kappa shape index (κ1) is 29.2. The van der Waals surface area contributed by atoms with E-state index in [-0.39, 0.29) is 30.6 Å². The minimum Gasteiger partial charge on any atom is -0.508 e. The van der Waals surface area contributed by atoms with E-state index < -0.39 is 85.6 Å². The number of nitrogens with zero attached hydrogens (tertiary/aromatic N) is 1. The molecule has 3 aliphatic rings. The lowest BCUT2D eigenvalue weighted by atomic mass is 9.46. The Morgan fingerprint density at radius 2 is 1.82 bits per heavy atom. The molecule has 1 aromatic rings. The van der Waals surface area contributed by atoms with E-state index in [2.05, 4.69) is 10.6 Å². The highest BCUT2D eigenvalue weighted by molar-refractivity contribution is 6.25. The van der Waals surface area contributed by atoms with Gasteiger partial charge in [-0.15, -0.1) is 0 Å². The minimum absolute atomic E-state index is 0.135. The van der Waals surface area contributed by atoms with Crippen molar-refractivity contribution in [2.24, 2.45) is 16.6 Å². The van der Waals surface area contributed by atoms with E-state index in [0.29, 0.717) is 6.54 Å². The second-order valence-electron chi connectivity index (χ2n) is 11.3. The maximum atomic E-state index is 15.5. The van der Waals surface area contributed by atoms with Crippen LogP contribution in [0.1, 0.15) is 38.3 Å². The molecule has 4 rings (SSSR count). The average Bonchev–Trinajstić information content (AvgIpc) is 2.82. The summed E-state index contributed by atoms with van der Waals surface area (Å²) >= 11 is 0. The first-order valence-corrected chi connectivity index (χ1v) is 12.7. The standard InChI is InChI=1S/C27H33FN4O8/c1-6-30-9-14(33)31-13-7-12(28)11-8-25(2)10-26(3)21(32(4)5)20(36)16(24(29)39)22(37)27(26,40)23(38)17(25)19(35)15(11)18(13)34/h7,21,30,34-35,37,40H,6,8-10H2,1-5H3,(H2,29,39)(H,31,33)/t21-,25+,26+,27-/m1/s1. The highest BCUT2D eigenvalue weighted by Gasteiger charge is 2.72. The number of likely N-dealkylation sites (N-methyl/N-ethyl adjacent to an activating group) is 2. The Hall–Kier alpha value is -3.81. The molecule has 12 nitrogen and oxygen atoms in total. The summed E-state index contributed by atoms with van der Waals surface area (Å²) < 4.78 is 15.5. The zero-order valence-corrected chi connectivity index (χ0v) is 22.8. The van der Waals surface area contributed by atoms with Crippen LogP contribution in [0.25, 0.3) is 5.76 Å². The molecule has 40 heavy (non-hydrogen) atoms. The van der Waals surface area contributed by atoms with E-state index in [0.717, 1.165) is 6.07 Å². The molecule has 216 valence electrons. The number of phenols is 1. The number of rotatable bonds is 6. The van der Waals surface area contributed by atoms with Gasteiger partial charge in [-0.25, -0.2) is 4.39 Å². The fourth-order valence-electron chi connectivity index (χ4n) is 6.87. The molecule has 1 aromatic carbocycles. The Balaban J connectivity index is 1.98. The highest BCUT2D eigenvalue weighted by Crippen LogP contribution is 2.63. The molecule has 0 bridgehead atoms. The van der Waals surface area contributed by atoms with Crippen LogP contribution in [-0.4, -0.2) is 87.5 Å². The maximum absolute atomic E-state index is 15.5. The first-order valence-electron chi connectivity index (χ1n) is 12.7. The lowest BCUT2D eigenvalue weighted by molar-refractivity contribution is -0.176. The predicted octanol–water partition coefficient (Wildman–Crippen LogP) is 0.431. The molecule has 3 aliphatic carbocycles. The van der Waals surface area contributed by atoms with E-state index in [9.17, 15) is 39.6 Å². The molecule has 0 spiro atoms. The summed E-state index contributed by atoms with van der Waals surface area (Å²) in [5, 5.41) is 50.5. The lowest BCUT2D eigenvalue weighted by Gasteiger charge is -2.59. The fourth-order valence-corrected chi connectivity index (χ4v) is 6.87. The number of hydrogen-bond donors (Lipinski definition) is 7. The Kier molecular flexibility index (Phi) is 6.85. The molecule has 0 heterocycles. The molecule has 1 fully saturated rings. The van der Waals surface area contributed by atoms with Crippen LogP contribution in [0.15, 0.2) is 23.0 Å². The quantitative estimate of drug-likeness (QED) is 0.189. The Labute approximate surface area is 229 Å². The first-order chi connectivity index (χ1) is 18.5. The number of nitrogens with one attached hydrogen (secondary N) is 2. The number of Topliss-reactive ketones (excluding diaryl/α,β-unsaturated/α-hetero) is 2. The zero-order chi connectivity index (χ0) is 30.1. The van der Waals surface area contributed by atoms with Gasteiger partial charge in [0.2, 0.25) is 11.7 Å². The van der Waals surface area contributed by atoms with E-state index >= 15 is 4.39 Å². The maximum Gasteiger partial charge on any atom is 0.255 e. The monoisotopic (exact) mass is 560 g/mol. The summed E-state index contributed by atoms with van der Waals surface area (Å²) in [5.41, 5.74) is -3.01. The molecular formula is C27H33FN4O8. The van der Waals surface area contributed by atoms with Crippen LogP contribution in [-0.2, 0) is 25.6 Å². The lowest BCUT2D eigenvalue weighted by Crippen LogP contribution is -2.72. The molecule has 0 saturated heterocycles. The predicted molar refractivity (Wildman–Crippen MR) is 141 cm³/mol. The van der Waals surface area contributed by atoms with Gasteiger partial charge in [0.1, 0.15) is 22.9 Å². The van der Waals surface area contributed by atoms with Gasteiger partial charge in [-0.1, -0.05) is 20.8 Å². The Morgan fingerprint density at radius 1 is 1.20 bits per heavy atom. The number of primary amides is 1. The Morgan fingerprint density at radius 3 is 2.38 bits per heavy atom. The van der Waals surface area contributed by atoms with E-state index in [1.165, 1.54) is 32.8 Å². The number of aliphatic hydroxyl groups excluding tert-OH is 2. The molecule has 0 radical (unpaired) electrons. The molecule has 4 atom stereocenters. The SMILES string of the molecule is CCNCC(=O)Nc1cc(F)c2c(c1O)C(O)=C1C(=O)[C@]3(O)C(O)=C(C(N)=O)C(=O)[C@@H](N(C)C)[C@]3(C)C[C@]1(C)C2.